The molecule has 2 aromatic carbocycles. The lowest BCUT2D eigenvalue weighted by Gasteiger charge is -2.31. The number of piperidine rings is 1. The van der Waals surface area contributed by atoms with Gasteiger partial charge in [-0.05, 0) is 49.6 Å². The van der Waals surface area contributed by atoms with Gasteiger partial charge in [-0.1, -0.05) is 29.5 Å². The van der Waals surface area contributed by atoms with Crippen molar-refractivity contribution in [2.45, 2.75) is 19.3 Å². The first-order valence-corrected chi connectivity index (χ1v) is 11.5. The van der Waals surface area contributed by atoms with Gasteiger partial charge in [-0.3, -0.25) is 0 Å². The van der Waals surface area contributed by atoms with Crippen LogP contribution in [-0.4, -0.2) is 44.4 Å². The summed E-state index contributed by atoms with van der Waals surface area (Å²) in [7, 11) is 0. The highest BCUT2D eigenvalue weighted by Gasteiger charge is 2.21. The first-order chi connectivity index (χ1) is 14.9. The Kier molecular flexibility index (Phi) is 9.25. The number of para-hydroxylation sites is 1. The lowest BCUT2D eigenvalue weighted by atomic mass is 9.97. The Morgan fingerprint density at radius 2 is 1.94 bits per heavy atom. The van der Waals surface area contributed by atoms with Crippen molar-refractivity contribution in [1.29, 1.82) is 0 Å². The molecule has 1 saturated heterocycles. The molecule has 5 rings (SSSR count). The van der Waals surface area contributed by atoms with E-state index in [4.69, 9.17) is 19.5 Å². The number of benzene rings is 2. The standard InChI is InChI=1S/C23H27N3O3S.2ClH/c1-2-7-22-19(4-1)25-23(30-22)26-12-8-17(9-13-26)16-24-11-15-27-20-5-3-6-21-18(20)10-14-28-29-21;;/h1-7,17,24H,8-16H2;2*1H. The van der Waals surface area contributed by atoms with Crippen LogP contribution >= 0.6 is 36.2 Å². The summed E-state index contributed by atoms with van der Waals surface area (Å²) in [5.74, 6) is 2.39. The number of fused-ring (bicyclic) bond motifs is 2. The van der Waals surface area contributed by atoms with E-state index in [9.17, 15) is 0 Å². The molecule has 32 heavy (non-hydrogen) atoms. The average Bonchev–Trinajstić information content (AvgIpc) is 3.24. The van der Waals surface area contributed by atoms with Gasteiger partial charge in [0.25, 0.3) is 0 Å². The van der Waals surface area contributed by atoms with Crippen molar-refractivity contribution >= 4 is 51.5 Å². The summed E-state index contributed by atoms with van der Waals surface area (Å²) in [4.78, 5) is 17.5. The van der Waals surface area contributed by atoms with Gasteiger partial charge in [0, 0.05) is 31.6 Å². The van der Waals surface area contributed by atoms with E-state index in [1.807, 2.05) is 18.2 Å². The zero-order valence-electron chi connectivity index (χ0n) is 17.8. The Labute approximate surface area is 205 Å². The van der Waals surface area contributed by atoms with E-state index in [1.165, 1.54) is 17.5 Å². The summed E-state index contributed by atoms with van der Waals surface area (Å²) >= 11 is 1.80. The van der Waals surface area contributed by atoms with E-state index in [1.54, 1.807) is 11.3 Å². The van der Waals surface area contributed by atoms with Crippen molar-refractivity contribution in [2.75, 3.05) is 44.3 Å². The van der Waals surface area contributed by atoms with E-state index in [0.29, 0.717) is 19.1 Å². The molecule has 0 unspecified atom stereocenters. The van der Waals surface area contributed by atoms with Crippen molar-refractivity contribution < 1.29 is 14.5 Å². The number of anilines is 1. The maximum Gasteiger partial charge on any atom is 0.186 e. The third-order valence-corrected chi connectivity index (χ3v) is 6.91. The zero-order chi connectivity index (χ0) is 20.2. The number of nitrogens with zero attached hydrogens (tertiary/aromatic N) is 2. The second kappa shape index (κ2) is 11.9. The molecule has 0 saturated carbocycles. The van der Waals surface area contributed by atoms with Gasteiger partial charge in [0.15, 0.2) is 10.9 Å². The summed E-state index contributed by atoms with van der Waals surface area (Å²) in [6.07, 6.45) is 3.23. The van der Waals surface area contributed by atoms with E-state index in [2.05, 4.69) is 34.5 Å². The van der Waals surface area contributed by atoms with Crippen LogP contribution in [0.1, 0.15) is 18.4 Å². The molecule has 2 aliphatic rings. The highest BCUT2D eigenvalue weighted by molar-refractivity contribution is 7.22. The number of thiazole rings is 1. The Balaban J connectivity index is 0.00000144. The average molecular weight is 498 g/mol. The molecule has 1 fully saturated rings. The molecular formula is C23H29Cl2N3O3S. The smallest absolute Gasteiger partial charge is 0.186 e. The lowest BCUT2D eigenvalue weighted by Crippen LogP contribution is -2.38. The molecule has 1 N–H and O–H groups in total. The minimum absolute atomic E-state index is 0. The first-order valence-electron chi connectivity index (χ1n) is 10.7. The molecule has 174 valence electrons. The minimum atomic E-state index is 0. The topological polar surface area (TPSA) is 55.9 Å². The summed E-state index contributed by atoms with van der Waals surface area (Å²) in [5.41, 5.74) is 2.21. The summed E-state index contributed by atoms with van der Waals surface area (Å²) in [6.45, 7) is 5.28. The number of aromatic nitrogens is 1. The third kappa shape index (κ3) is 5.77. The zero-order valence-corrected chi connectivity index (χ0v) is 20.3. The lowest BCUT2D eigenvalue weighted by molar-refractivity contribution is -0.215. The summed E-state index contributed by atoms with van der Waals surface area (Å²) < 4.78 is 7.26. The van der Waals surface area contributed by atoms with Gasteiger partial charge < -0.3 is 19.8 Å². The largest absolute Gasteiger partial charge is 0.492 e. The van der Waals surface area contributed by atoms with Gasteiger partial charge in [-0.25, -0.2) is 4.98 Å². The Morgan fingerprint density at radius 3 is 2.78 bits per heavy atom. The van der Waals surface area contributed by atoms with E-state index in [-0.39, 0.29) is 24.8 Å². The number of hydrogen-bond acceptors (Lipinski definition) is 7. The Morgan fingerprint density at radius 1 is 1.09 bits per heavy atom. The van der Waals surface area contributed by atoms with Gasteiger partial charge in [-0.15, -0.1) is 24.8 Å². The highest BCUT2D eigenvalue weighted by atomic mass is 35.5. The summed E-state index contributed by atoms with van der Waals surface area (Å²) in [6, 6.07) is 14.3. The molecule has 0 bridgehead atoms. The van der Waals surface area contributed by atoms with Crippen LogP contribution in [0, 0.1) is 5.92 Å². The molecule has 6 nitrogen and oxygen atoms in total. The number of hydrogen-bond donors (Lipinski definition) is 1. The fraction of sp³-hybridized carbons (Fsp3) is 0.435. The van der Waals surface area contributed by atoms with Gasteiger partial charge in [0.2, 0.25) is 0 Å². The van der Waals surface area contributed by atoms with E-state index >= 15 is 0 Å². The van der Waals surface area contributed by atoms with Gasteiger partial charge in [0.05, 0.1) is 16.8 Å². The van der Waals surface area contributed by atoms with Gasteiger partial charge >= 0.3 is 0 Å². The van der Waals surface area contributed by atoms with E-state index in [0.717, 1.165) is 60.3 Å². The number of halogens is 2. The van der Waals surface area contributed by atoms with Crippen molar-refractivity contribution in [1.82, 2.24) is 10.3 Å². The van der Waals surface area contributed by atoms with Crippen LogP contribution in [0.4, 0.5) is 5.13 Å². The van der Waals surface area contributed by atoms with Crippen LogP contribution < -0.4 is 19.8 Å². The molecule has 1 aromatic heterocycles. The maximum absolute atomic E-state index is 5.98. The molecule has 2 aliphatic heterocycles. The quantitative estimate of drug-likeness (QED) is 0.370. The SMILES string of the molecule is Cl.Cl.c1cc(OCCNCC2CCN(c3nc4ccccc4s3)CC2)c2c(c1)OOCC2. The van der Waals surface area contributed by atoms with Crippen molar-refractivity contribution in [3.63, 3.8) is 0 Å². The number of rotatable bonds is 7. The predicted octanol–water partition coefficient (Wildman–Crippen LogP) is 4.89. The van der Waals surface area contributed by atoms with Crippen molar-refractivity contribution in [3.8, 4) is 11.5 Å². The van der Waals surface area contributed by atoms with Crippen LogP contribution in [0.2, 0.25) is 0 Å². The third-order valence-electron chi connectivity index (χ3n) is 5.81. The van der Waals surface area contributed by atoms with Crippen molar-refractivity contribution in [2.24, 2.45) is 5.92 Å². The molecule has 0 aliphatic carbocycles. The minimum Gasteiger partial charge on any atom is -0.492 e. The fourth-order valence-electron chi connectivity index (χ4n) is 4.12. The summed E-state index contributed by atoms with van der Waals surface area (Å²) in [5, 5.41) is 4.73. The predicted molar refractivity (Wildman–Crippen MR) is 134 cm³/mol. The molecule has 9 heteroatoms. The van der Waals surface area contributed by atoms with Crippen LogP contribution in [0.3, 0.4) is 0 Å². The highest BCUT2D eigenvalue weighted by Crippen LogP contribution is 2.32. The van der Waals surface area contributed by atoms with Crippen LogP contribution in [0.15, 0.2) is 42.5 Å². The Bertz CT molecular complexity index is 963. The molecule has 0 amide bonds. The first kappa shape index (κ1) is 24.9. The normalized spacial score (nSPS) is 15.9. The molecule has 3 heterocycles. The molecule has 0 atom stereocenters. The second-order valence-corrected chi connectivity index (χ2v) is 8.84. The number of ether oxygens (including phenoxy) is 1. The fourth-order valence-corrected chi connectivity index (χ4v) is 5.13. The Hall–Kier alpha value is -1.77. The van der Waals surface area contributed by atoms with Gasteiger partial charge in [0.1, 0.15) is 12.4 Å². The van der Waals surface area contributed by atoms with E-state index < -0.39 is 0 Å². The van der Waals surface area contributed by atoms with Crippen LogP contribution in [-0.2, 0) is 11.3 Å². The van der Waals surface area contributed by atoms with Gasteiger partial charge in [-0.2, -0.15) is 4.89 Å². The van der Waals surface area contributed by atoms with Crippen LogP contribution in [0.25, 0.3) is 10.2 Å². The molecular weight excluding hydrogens is 469 g/mol. The monoisotopic (exact) mass is 497 g/mol. The van der Waals surface area contributed by atoms with Crippen LogP contribution in [0.5, 0.6) is 11.5 Å². The van der Waals surface area contributed by atoms with Crippen molar-refractivity contribution in [3.05, 3.63) is 48.0 Å². The maximum atomic E-state index is 5.98. The molecule has 3 aromatic rings. The second-order valence-electron chi connectivity index (χ2n) is 7.84. The molecule has 0 spiro atoms. The number of nitrogens with one attached hydrogen (secondary N) is 1. The molecule has 0 radical (unpaired) electrons.